The van der Waals surface area contributed by atoms with Gasteiger partial charge >= 0.3 is 0 Å². The van der Waals surface area contributed by atoms with E-state index in [0.29, 0.717) is 11.3 Å². The molecule has 22 heavy (non-hydrogen) atoms. The van der Waals surface area contributed by atoms with E-state index in [4.69, 9.17) is 5.73 Å². The van der Waals surface area contributed by atoms with Gasteiger partial charge in [0.1, 0.15) is 0 Å². The number of hydrogen-bond acceptors (Lipinski definition) is 2. The van der Waals surface area contributed by atoms with E-state index in [1.807, 2.05) is 31.2 Å². The van der Waals surface area contributed by atoms with Gasteiger partial charge in [-0.2, -0.15) is 0 Å². The Kier molecular flexibility index (Phi) is 2.80. The van der Waals surface area contributed by atoms with Crippen molar-refractivity contribution in [2.75, 3.05) is 5.73 Å². The first-order valence-electron chi connectivity index (χ1n) is 7.59. The zero-order valence-electron chi connectivity index (χ0n) is 12.5. The first kappa shape index (κ1) is 13.1. The zero-order chi connectivity index (χ0) is 15.3. The van der Waals surface area contributed by atoms with E-state index in [1.165, 1.54) is 16.5 Å². The molecule has 2 nitrogen and oxygen atoms in total. The Morgan fingerprint density at radius 2 is 1.77 bits per heavy atom. The molecule has 0 aromatic heterocycles. The lowest BCUT2D eigenvalue weighted by atomic mass is 9.94. The average Bonchev–Trinajstić information content (AvgIpc) is 2.95. The molecule has 0 heterocycles. The quantitative estimate of drug-likeness (QED) is 0.570. The summed E-state index contributed by atoms with van der Waals surface area (Å²) < 4.78 is 0. The largest absolute Gasteiger partial charge is 0.398 e. The lowest BCUT2D eigenvalue weighted by Gasteiger charge is -2.09. The van der Waals surface area contributed by atoms with Crippen molar-refractivity contribution >= 4 is 22.2 Å². The molecule has 2 heteroatoms. The lowest BCUT2D eigenvalue weighted by Crippen LogP contribution is -2.04. The smallest absolute Gasteiger partial charge is 0.193 e. The third kappa shape index (κ3) is 1.84. The maximum atomic E-state index is 12.9. The molecule has 1 aliphatic rings. The highest BCUT2D eigenvalue weighted by Gasteiger charge is 2.19. The van der Waals surface area contributed by atoms with Crippen LogP contribution in [0.3, 0.4) is 0 Å². The predicted octanol–water partition coefficient (Wildman–Crippen LogP) is 4.06. The van der Waals surface area contributed by atoms with Crippen LogP contribution in [0.25, 0.3) is 10.8 Å². The minimum absolute atomic E-state index is 0.0438. The fraction of sp³-hybridized carbons (Fsp3) is 0.150. The van der Waals surface area contributed by atoms with E-state index in [2.05, 4.69) is 18.2 Å². The molecule has 2 N–H and O–H groups in total. The van der Waals surface area contributed by atoms with Crippen LogP contribution in [0.1, 0.15) is 32.6 Å². The summed E-state index contributed by atoms with van der Waals surface area (Å²) >= 11 is 0. The number of nitrogen functional groups attached to an aromatic ring is 1. The van der Waals surface area contributed by atoms with Gasteiger partial charge in [0, 0.05) is 16.8 Å². The maximum absolute atomic E-state index is 12.9. The number of carbonyl (C=O) groups is 1. The number of anilines is 1. The van der Waals surface area contributed by atoms with Crippen LogP contribution >= 0.6 is 0 Å². The Bertz CT molecular complexity index is 914. The minimum atomic E-state index is 0.0438. The van der Waals surface area contributed by atoms with Gasteiger partial charge in [0.05, 0.1) is 0 Å². The van der Waals surface area contributed by atoms with Gasteiger partial charge in [-0.05, 0) is 53.3 Å². The lowest BCUT2D eigenvalue weighted by molar-refractivity contribution is 0.104. The van der Waals surface area contributed by atoms with Gasteiger partial charge in [-0.1, -0.05) is 42.5 Å². The first-order chi connectivity index (χ1) is 10.6. The van der Waals surface area contributed by atoms with Gasteiger partial charge in [0.15, 0.2) is 5.78 Å². The van der Waals surface area contributed by atoms with Gasteiger partial charge in [0.25, 0.3) is 0 Å². The number of hydrogen-bond donors (Lipinski definition) is 1. The second-order valence-corrected chi connectivity index (χ2v) is 6.01. The van der Waals surface area contributed by atoms with Gasteiger partial charge < -0.3 is 5.73 Å². The Morgan fingerprint density at radius 3 is 2.55 bits per heavy atom. The molecule has 0 saturated carbocycles. The second kappa shape index (κ2) is 4.70. The molecule has 0 saturated heterocycles. The summed E-state index contributed by atoms with van der Waals surface area (Å²) in [6.07, 6.45) is 2.14. The van der Waals surface area contributed by atoms with Gasteiger partial charge in [0.2, 0.25) is 0 Å². The molecule has 0 amide bonds. The van der Waals surface area contributed by atoms with Crippen molar-refractivity contribution in [2.45, 2.75) is 19.8 Å². The van der Waals surface area contributed by atoms with E-state index in [0.717, 1.165) is 29.4 Å². The van der Waals surface area contributed by atoms with Crippen LogP contribution in [0, 0.1) is 6.92 Å². The highest BCUT2D eigenvalue weighted by Crippen LogP contribution is 2.33. The predicted molar refractivity (Wildman–Crippen MR) is 90.4 cm³/mol. The summed E-state index contributed by atoms with van der Waals surface area (Å²) in [5.74, 6) is 0.0438. The highest BCUT2D eigenvalue weighted by atomic mass is 16.1. The molecule has 4 rings (SSSR count). The maximum Gasteiger partial charge on any atom is 0.193 e. The van der Waals surface area contributed by atoms with Gasteiger partial charge in [-0.3, -0.25) is 4.79 Å². The number of rotatable bonds is 2. The molecule has 0 fully saturated rings. The van der Waals surface area contributed by atoms with Crippen LogP contribution in [0.2, 0.25) is 0 Å². The summed E-state index contributed by atoms with van der Waals surface area (Å²) in [6.45, 7) is 1.95. The third-order valence-corrected chi connectivity index (χ3v) is 4.66. The molecule has 3 aromatic carbocycles. The molecule has 108 valence electrons. The topological polar surface area (TPSA) is 43.1 Å². The van der Waals surface area contributed by atoms with Crippen LogP contribution in [0.5, 0.6) is 0 Å². The first-order valence-corrected chi connectivity index (χ1v) is 7.59. The molecule has 0 unspecified atom stereocenters. The van der Waals surface area contributed by atoms with Crippen molar-refractivity contribution in [3.8, 4) is 0 Å². The Hall–Kier alpha value is -2.61. The van der Waals surface area contributed by atoms with Crippen molar-refractivity contribution < 1.29 is 4.79 Å². The summed E-state index contributed by atoms with van der Waals surface area (Å²) in [5, 5.41) is 2.34. The summed E-state index contributed by atoms with van der Waals surface area (Å²) in [4.78, 5) is 12.9. The van der Waals surface area contributed by atoms with Crippen molar-refractivity contribution in [3.05, 3.63) is 76.3 Å². The van der Waals surface area contributed by atoms with Crippen molar-refractivity contribution in [3.63, 3.8) is 0 Å². The Labute approximate surface area is 129 Å². The van der Waals surface area contributed by atoms with E-state index in [-0.39, 0.29) is 5.78 Å². The van der Waals surface area contributed by atoms with Crippen molar-refractivity contribution in [1.82, 2.24) is 0 Å². The standard InChI is InChI=1S/C20H17NO/c1-12-5-6-15(11-18(12)21)20(22)17-10-9-14-8-7-13-3-2-4-16(17)19(13)14/h2-6,9-11H,7-8,21H2,1H3. The number of ketones is 1. The average molecular weight is 287 g/mol. The fourth-order valence-corrected chi connectivity index (χ4v) is 3.38. The molecular formula is C20H17NO. The molecule has 0 bridgehead atoms. The van der Waals surface area contributed by atoms with Crippen LogP contribution in [-0.2, 0) is 12.8 Å². The Morgan fingerprint density at radius 1 is 1.00 bits per heavy atom. The molecule has 0 radical (unpaired) electrons. The van der Waals surface area contributed by atoms with Crippen LogP contribution < -0.4 is 5.73 Å². The molecular weight excluding hydrogens is 270 g/mol. The van der Waals surface area contributed by atoms with E-state index >= 15 is 0 Å². The van der Waals surface area contributed by atoms with E-state index < -0.39 is 0 Å². The normalized spacial score (nSPS) is 12.8. The molecule has 0 aliphatic heterocycles. The zero-order valence-corrected chi connectivity index (χ0v) is 12.5. The van der Waals surface area contributed by atoms with Crippen molar-refractivity contribution in [2.24, 2.45) is 0 Å². The van der Waals surface area contributed by atoms with Gasteiger partial charge in [-0.25, -0.2) is 0 Å². The summed E-state index contributed by atoms with van der Waals surface area (Å²) in [5.41, 5.74) is 11.7. The monoisotopic (exact) mass is 287 g/mol. The SMILES string of the molecule is Cc1ccc(C(=O)c2ccc3c4c(cccc24)CC3)cc1N. The Balaban J connectivity index is 1.91. The van der Waals surface area contributed by atoms with Crippen LogP contribution in [-0.4, -0.2) is 5.78 Å². The van der Waals surface area contributed by atoms with E-state index in [1.54, 1.807) is 6.07 Å². The van der Waals surface area contributed by atoms with Crippen LogP contribution in [0.4, 0.5) is 5.69 Å². The molecule has 0 atom stereocenters. The number of carbonyl (C=O) groups excluding carboxylic acids is 1. The number of aryl methyl sites for hydroxylation is 3. The second-order valence-electron chi connectivity index (χ2n) is 6.01. The number of nitrogens with two attached hydrogens (primary N) is 1. The molecule has 0 spiro atoms. The highest BCUT2D eigenvalue weighted by molar-refractivity contribution is 6.17. The fourth-order valence-electron chi connectivity index (χ4n) is 3.38. The number of benzene rings is 3. The van der Waals surface area contributed by atoms with Crippen LogP contribution in [0.15, 0.2) is 48.5 Å². The van der Waals surface area contributed by atoms with E-state index in [9.17, 15) is 4.79 Å². The van der Waals surface area contributed by atoms with Crippen molar-refractivity contribution in [1.29, 1.82) is 0 Å². The third-order valence-electron chi connectivity index (χ3n) is 4.66. The summed E-state index contributed by atoms with van der Waals surface area (Å²) in [6, 6.07) is 15.9. The minimum Gasteiger partial charge on any atom is -0.398 e. The van der Waals surface area contributed by atoms with Gasteiger partial charge in [-0.15, -0.1) is 0 Å². The molecule has 3 aromatic rings. The summed E-state index contributed by atoms with van der Waals surface area (Å²) in [7, 11) is 0. The molecule has 1 aliphatic carbocycles.